The third kappa shape index (κ3) is 4.96. The number of nitrogens with zero attached hydrogens (tertiary/aromatic N) is 2. The minimum atomic E-state index is 0.707. The van der Waals surface area contributed by atoms with Gasteiger partial charge in [0.25, 0.3) is 0 Å². The van der Waals surface area contributed by atoms with Crippen molar-refractivity contribution in [2.75, 3.05) is 40.3 Å². The average molecular weight is 213 g/mol. The molecule has 1 unspecified atom stereocenters. The lowest BCUT2D eigenvalue weighted by Crippen LogP contribution is -2.36. The van der Waals surface area contributed by atoms with Crippen molar-refractivity contribution in [3.8, 4) is 0 Å². The Kier molecular flexibility index (Phi) is 5.58. The molecule has 0 aliphatic carbocycles. The molecule has 1 aliphatic rings. The highest BCUT2D eigenvalue weighted by atomic mass is 15.2. The van der Waals surface area contributed by atoms with Gasteiger partial charge < -0.3 is 10.2 Å². The van der Waals surface area contributed by atoms with Crippen LogP contribution in [0.4, 0.5) is 0 Å². The van der Waals surface area contributed by atoms with E-state index in [1.165, 1.54) is 32.5 Å². The number of hydrogen-bond donors (Lipinski definition) is 1. The Morgan fingerprint density at radius 3 is 2.67 bits per heavy atom. The smallest absolute Gasteiger partial charge is 0.0207 e. The lowest BCUT2D eigenvalue weighted by Gasteiger charge is -2.20. The number of hydrogen-bond acceptors (Lipinski definition) is 3. The van der Waals surface area contributed by atoms with Crippen LogP contribution in [0.15, 0.2) is 0 Å². The van der Waals surface area contributed by atoms with Crippen molar-refractivity contribution in [3.63, 3.8) is 0 Å². The van der Waals surface area contributed by atoms with Crippen LogP contribution >= 0.6 is 0 Å². The fourth-order valence-electron chi connectivity index (χ4n) is 2.12. The minimum Gasteiger partial charge on any atom is -0.313 e. The van der Waals surface area contributed by atoms with Crippen LogP contribution in [-0.4, -0.2) is 62.2 Å². The number of rotatable bonds is 6. The molecule has 0 amide bonds. The van der Waals surface area contributed by atoms with E-state index in [1.807, 2.05) is 0 Å². The summed E-state index contributed by atoms with van der Waals surface area (Å²) in [7, 11) is 4.27. The molecule has 1 rings (SSSR count). The van der Waals surface area contributed by atoms with E-state index in [2.05, 4.69) is 43.1 Å². The van der Waals surface area contributed by atoms with Gasteiger partial charge in [0.1, 0.15) is 0 Å². The average Bonchev–Trinajstić information content (AvgIpc) is 2.60. The first-order valence-electron chi connectivity index (χ1n) is 6.21. The third-order valence-corrected chi connectivity index (χ3v) is 3.17. The van der Waals surface area contributed by atoms with Gasteiger partial charge >= 0.3 is 0 Å². The van der Waals surface area contributed by atoms with E-state index in [0.29, 0.717) is 6.04 Å². The summed E-state index contributed by atoms with van der Waals surface area (Å²) in [4.78, 5) is 4.81. The van der Waals surface area contributed by atoms with E-state index in [1.54, 1.807) is 0 Å². The second kappa shape index (κ2) is 6.46. The molecule has 0 aromatic carbocycles. The molecule has 15 heavy (non-hydrogen) atoms. The monoisotopic (exact) mass is 213 g/mol. The molecule has 3 heteroatoms. The predicted octanol–water partition coefficient (Wildman–Crippen LogP) is 1.01. The summed E-state index contributed by atoms with van der Waals surface area (Å²) in [6.45, 7) is 9.42. The maximum Gasteiger partial charge on any atom is 0.0207 e. The van der Waals surface area contributed by atoms with Gasteiger partial charge in [-0.3, -0.25) is 4.90 Å². The summed E-state index contributed by atoms with van der Waals surface area (Å²) in [5, 5.41) is 3.65. The van der Waals surface area contributed by atoms with Gasteiger partial charge in [-0.25, -0.2) is 0 Å². The van der Waals surface area contributed by atoms with Crippen molar-refractivity contribution in [3.05, 3.63) is 0 Å². The highest BCUT2D eigenvalue weighted by molar-refractivity contribution is 4.82. The van der Waals surface area contributed by atoms with Crippen molar-refractivity contribution < 1.29 is 0 Å². The van der Waals surface area contributed by atoms with Gasteiger partial charge in [-0.2, -0.15) is 0 Å². The Balaban J connectivity index is 2.04. The molecule has 0 bridgehead atoms. The van der Waals surface area contributed by atoms with Crippen molar-refractivity contribution in [2.45, 2.75) is 38.8 Å². The van der Waals surface area contributed by atoms with E-state index in [9.17, 15) is 0 Å². The summed E-state index contributed by atoms with van der Waals surface area (Å²) in [5.74, 6) is 0. The first-order chi connectivity index (χ1) is 7.09. The second-order valence-electron chi connectivity index (χ2n) is 5.19. The summed E-state index contributed by atoms with van der Waals surface area (Å²) in [6.07, 6.45) is 2.57. The SMILES string of the molecule is CC(C)N1CCC(NCCCN(C)C)C1. The number of likely N-dealkylation sites (tertiary alicyclic amines) is 1. The van der Waals surface area contributed by atoms with Gasteiger partial charge in [0.05, 0.1) is 0 Å². The Bertz CT molecular complexity index is 168. The molecule has 0 radical (unpaired) electrons. The molecule has 1 saturated heterocycles. The van der Waals surface area contributed by atoms with Crippen LogP contribution in [0.5, 0.6) is 0 Å². The maximum absolute atomic E-state index is 3.65. The van der Waals surface area contributed by atoms with Crippen LogP contribution in [0.25, 0.3) is 0 Å². The Hall–Kier alpha value is -0.120. The maximum atomic E-state index is 3.65. The summed E-state index contributed by atoms with van der Waals surface area (Å²) < 4.78 is 0. The highest BCUT2D eigenvalue weighted by Crippen LogP contribution is 2.11. The van der Waals surface area contributed by atoms with Gasteiger partial charge in [0.2, 0.25) is 0 Å². The Morgan fingerprint density at radius 1 is 1.40 bits per heavy atom. The van der Waals surface area contributed by atoms with Crippen LogP contribution in [0.1, 0.15) is 26.7 Å². The van der Waals surface area contributed by atoms with Crippen LogP contribution in [0, 0.1) is 0 Å². The fraction of sp³-hybridized carbons (Fsp3) is 1.00. The first-order valence-corrected chi connectivity index (χ1v) is 6.21. The van der Waals surface area contributed by atoms with Crippen LogP contribution in [0.3, 0.4) is 0 Å². The van der Waals surface area contributed by atoms with Gasteiger partial charge in [0, 0.05) is 18.6 Å². The molecule has 0 spiro atoms. The van der Waals surface area contributed by atoms with Gasteiger partial charge in [-0.1, -0.05) is 0 Å². The van der Waals surface area contributed by atoms with Gasteiger partial charge in [-0.15, -0.1) is 0 Å². The van der Waals surface area contributed by atoms with E-state index >= 15 is 0 Å². The Morgan fingerprint density at radius 2 is 2.13 bits per heavy atom. The predicted molar refractivity (Wildman–Crippen MR) is 66.3 cm³/mol. The zero-order chi connectivity index (χ0) is 11.3. The molecular weight excluding hydrogens is 186 g/mol. The van der Waals surface area contributed by atoms with Crippen LogP contribution < -0.4 is 5.32 Å². The summed E-state index contributed by atoms with van der Waals surface area (Å²) in [5.41, 5.74) is 0. The largest absolute Gasteiger partial charge is 0.313 e. The first kappa shape index (κ1) is 12.9. The van der Waals surface area contributed by atoms with Gasteiger partial charge in [-0.05, 0) is 60.4 Å². The summed E-state index contributed by atoms with van der Waals surface area (Å²) in [6, 6.07) is 1.44. The molecule has 0 aromatic rings. The molecule has 1 aliphatic heterocycles. The van der Waals surface area contributed by atoms with Crippen molar-refractivity contribution in [1.29, 1.82) is 0 Å². The molecular formula is C12H27N3. The minimum absolute atomic E-state index is 0.707. The fourth-order valence-corrected chi connectivity index (χ4v) is 2.12. The summed E-state index contributed by atoms with van der Waals surface area (Å²) >= 11 is 0. The molecule has 1 N–H and O–H groups in total. The topological polar surface area (TPSA) is 18.5 Å². The van der Waals surface area contributed by atoms with E-state index in [0.717, 1.165) is 12.6 Å². The molecule has 1 fully saturated rings. The van der Waals surface area contributed by atoms with E-state index < -0.39 is 0 Å². The molecule has 0 aromatic heterocycles. The van der Waals surface area contributed by atoms with E-state index in [-0.39, 0.29) is 0 Å². The molecule has 1 atom stereocenters. The zero-order valence-electron chi connectivity index (χ0n) is 10.8. The molecule has 0 saturated carbocycles. The van der Waals surface area contributed by atoms with Crippen molar-refractivity contribution in [1.82, 2.24) is 15.1 Å². The standard InChI is InChI=1S/C12H27N3/c1-11(2)15-9-6-12(10-15)13-7-5-8-14(3)4/h11-13H,5-10H2,1-4H3. The molecule has 1 heterocycles. The number of nitrogens with one attached hydrogen (secondary N) is 1. The van der Waals surface area contributed by atoms with Gasteiger partial charge in [0.15, 0.2) is 0 Å². The second-order valence-corrected chi connectivity index (χ2v) is 5.19. The quantitative estimate of drug-likeness (QED) is 0.664. The lowest BCUT2D eigenvalue weighted by atomic mass is 10.2. The van der Waals surface area contributed by atoms with Crippen LogP contribution in [0.2, 0.25) is 0 Å². The lowest BCUT2D eigenvalue weighted by molar-refractivity contribution is 0.267. The third-order valence-electron chi connectivity index (χ3n) is 3.17. The molecule has 3 nitrogen and oxygen atoms in total. The highest BCUT2D eigenvalue weighted by Gasteiger charge is 2.23. The van der Waals surface area contributed by atoms with Crippen molar-refractivity contribution >= 4 is 0 Å². The van der Waals surface area contributed by atoms with Crippen LogP contribution in [-0.2, 0) is 0 Å². The van der Waals surface area contributed by atoms with E-state index in [4.69, 9.17) is 0 Å². The zero-order valence-corrected chi connectivity index (χ0v) is 10.8. The normalized spacial score (nSPS) is 23.2. The van der Waals surface area contributed by atoms with Crippen molar-refractivity contribution in [2.24, 2.45) is 0 Å². The molecule has 90 valence electrons. The Labute approximate surface area is 94.8 Å².